The number of nitrogens with one attached hydrogen (secondary N) is 1. The Hall–Kier alpha value is -2.72. The minimum Gasteiger partial charge on any atom is -0.456 e. The van der Waals surface area contributed by atoms with Gasteiger partial charge < -0.3 is 15.0 Å². The van der Waals surface area contributed by atoms with Gasteiger partial charge in [0, 0.05) is 11.4 Å². The third kappa shape index (κ3) is 8.14. The Morgan fingerprint density at radius 2 is 1.84 bits per heavy atom. The van der Waals surface area contributed by atoms with Crippen LogP contribution in [0.2, 0.25) is 0 Å². The van der Waals surface area contributed by atoms with Crippen LogP contribution in [0.5, 0.6) is 0 Å². The number of benzene rings is 1. The number of rotatable bonds is 11. The van der Waals surface area contributed by atoms with Gasteiger partial charge in [0.2, 0.25) is 5.91 Å². The van der Waals surface area contributed by atoms with Crippen molar-refractivity contribution in [1.82, 2.24) is 10.2 Å². The van der Waals surface area contributed by atoms with E-state index in [9.17, 15) is 22.8 Å². The molecule has 1 N–H and O–H groups in total. The zero-order valence-electron chi connectivity index (χ0n) is 17.5. The molecular weight excluding hydrogens is 440 g/mol. The number of ether oxygens (including phenoxy) is 1. The van der Waals surface area contributed by atoms with Crippen molar-refractivity contribution >= 4 is 39.0 Å². The fraction of sp³-hybridized carbons (Fsp3) is 0.381. The van der Waals surface area contributed by atoms with Gasteiger partial charge in [-0.2, -0.15) is 0 Å². The Kier molecular flexibility index (Phi) is 9.20. The Morgan fingerprint density at radius 3 is 2.45 bits per heavy atom. The lowest BCUT2D eigenvalue weighted by molar-refractivity contribution is -0.152. The lowest BCUT2D eigenvalue weighted by Crippen LogP contribution is -2.42. The van der Waals surface area contributed by atoms with Crippen molar-refractivity contribution in [3.05, 3.63) is 52.2 Å². The molecular formula is C21H26N2O6S2. The molecule has 0 atom stereocenters. The molecule has 1 aromatic carbocycles. The molecule has 8 nitrogen and oxygen atoms in total. The minimum atomic E-state index is -3.62. The summed E-state index contributed by atoms with van der Waals surface area (Å²) in [7, 11) is -3.62. The van der Waals surface area contributed by atoms with Crippen LogP contribution in [0.1, 0.15) is 23.8 Å². The van der Waals surface area contributed by atoms with Crippen LogP contribution in [0.4, 0.5) is 0 Å². The first-order chi connectivity index (χ1) is 14.7. The van der Waals surface area contributed by atoms with Crippen molar-refractivity contribution in [2.75, 3.05) is 25.4 Å². The van der Waals surface area contributed by atoms with Crippen LogP contribution in [0.15, 0.2) is 46.7 Å². The molecule has 2 rings (SSSR count). The lowest BCUT2D eigenvalue weighted by Gasteiger charge is -2.20. The smallest absolute Gasteiger partial charge is 0.307 e. The van der Waals surface area contributed by atoms with E-state index >= 15 is 0 Å². The van der Waals surface area contributed by atoms with E-state index in [1.165, 1.54) is 28.4 Å². The maximum absolute atomic E-state index is 12.3. The molecule has 168 valence electrons. The molecule has 0 saturated carbocycles. The number of hydrogen-bond donors (Lipinski definition) is 1. The van der Waals surface area contributed by atoms with E-state index in [4.69, 9.17) is 4.74 Å². The number of carbonyl (C=O) groups excluding carboxylic acids is 3. The molecule has 0 aliphatic carbocycles. The van der Waals surface area contributed by atoms with E-state index in [1.54, 1.807) is 19.1 Å². The van der Waals surface area contributed by atoms with Crippen molar-refractivity contribution in [3.8, 4) is 0 Å². The zero-order valence-corrected chi connectivity index (χ0v) is 19.1. The van der Waals surface area contributed by atoms with Crippen molar-refractivity contribution in [1.29, 1.82) is 0 Å². The van der Waals surface area contributed by atoms with E-state index in [1.807, 2.05) is 24.4 Å². The Bertz CT molecular complexity index is 985. The van der Waals surface area contributed by atoms with Crippen LogP contribution < -0.4 is 5.32 Å². The third-order valence-corrected chi connectivity index (χ3v) is 7.03. The molecule has 2 amide bonds. The second kappa shape index (κ2) is 11.6. The number of amides is 2. The molecule has 1 aromatic heterocycles. The summed E-state index contributed by atoms with van der Waals surface area (Å²) in [6, 6.07) is 10.1. The molecule has 0 aliphatic heterocycles. The second-order valence-electron chi connectivity index (χ2n) is 6.81. The number of nitrogens with zero attached hydrogens (tertiary/aromatic N) is 1. The van der Waals surface area contributed by atoms with E-state index in [0.29, 0.717) is 6.54 Å². The summed E-state index contributed by atoms with van der Waals surface area (Å²) in [6.07, 6.45) is -0.364. The molecule has 0 spiro atoms. The van der Waals surface area contributed by atoms with Gasteiger partial charge in [0.25, 0.3) is 5.91 Å². The molecule has 31 heavy (non-hydrogen) atoms. The predicted molar refractivity (Wildman–Crippen MR) is 117 cm³/mol. The normalized spacial score (nSPS) is 11.0. The quantitative estimate of drug-likeness (QED) is 0.507. The number of sulfone groups is 1. The number of thiophene rings is 1. The fourth-order valence-corrected chi connectivity index (χ4v) is 4.46. The molecule has 0 unspecified atom stereocenters. The molecule has 10 heteroatoms. The summed E-state index contributed by atoms with van der Waals surface area (Å²) in [6.45, 7) is 3.50. The molecule has 0 radical (unpaired) electrons. The van der Waals surface area contributed by atoms with Gasteiger partial charge in [-0.15, -0.1) is 11.3 Å². The summed E-state index contributed by atoms with van der Waals surface area (Å²) < 4.78 is 29.5. The van der Waals surface area contributed by atoms with Crippen LogP contribution in [-0.4, -0.2) is 56.6 Å². The maximum Gasteiger partial charge on any atom is 0.307 e. The predicted octanol–water partition coefficient (Wildman–Crippen LogP) is 1.93. The highest BCUT2D eigenvalue weighted by Gasteiger charge is 2.20. The number of aryl methyl sites for hydroxylation is 1. The first-order valence-corrected chi connectivity index (χ1v) is 12.3. The van der Waals surface area contributed by atoms with Gasteiger partial charge in [-0.05, 0) is 37.4 Å². The topological polar surface area (TPSA) is 110 Å². The Morgan fingerprint density at radius 1 is 1.13 bits per heavy atom. The highest BCUT2D eigenvalue weighted by molar-refractivity contribution is 7.91. The number of likely N-dealkylation sites (N-methyl/N-ethyl adjacent to an activating group) is 1. The summed E-state index contributed by atoms with van der Waals surface area (Å²) in [5.74, 6) is -2.05. The second-order valence-corrected chi connectivity index (χ2v) is 9.95. The van der Waals surface area contributed by atoms with E-state index in [0.717, 1.165) is 10.4 Å². The number of carbonyl (C=O) groups is 3. The van der Waals surface area contributed by atoms with Crippen molar-refractivity contribution in [3.63, 3.8) is 0 Å². The highest BCUT2D eigenvalue weighted by atomic mass is 32.2. The monoisotopic (exact) mass is 466 g/mol. The van der Waals surface area contributed by atoms with Gasteiger partial charge in [0.05, 0.1) is 30.2 Å². The average molecular weight is 467 g/mol. The van der Waals surface area contributed by atoms with Crippen LogP contribution in [-0.2, 0) is 35.5 Å². The van der Waals surface area contributed by atoms with E-state index < -0.39 is 34.1 Å². The zero-order chi connectivity index (χ0) is 22.9. The molecule has 0 saturated heterocycles. The standard InChI is InChI=1S/C21H26N2O6S2/c1-3-23(14-19(24)22-13-17-5-4-11-30-17)20(25)15-29-21(26)10-12-31(27,28)18-8-6-16(2)7-9-18/h4-9,11H,3,10,12-15H2,1-2H3,(H,22,24). The summed E-state index contributed by atoms with van der Waals surface area (Å²) in [5, 5.41) is 4.64. The van der Waals surface area contributed by atoms with Crippen LogP contribution in [0, 0.1) is 6.92 Å². The molecule has 1 heterocycles. The number of esters is 1. The third-order valence-electron chi connectivity index (χ3n) is 4.42. The van der Waals surface area contributed by atoms with Crippen molar-refractivity contribution in [2.24, 2.45) is 0 Å². The lowest BCUT2D eigenvalue weighted by atomic mass is 10.2. The van der Waals surface area contributed by atoms with E-state index in [-0.39, 0.29) is 30.3 Å². The molecule has 0 fully saturated rings. The first-order valence-electron chi connectivity index (χ1n) is 9.73. The van der Waals surface area contributed by atoms with Gasteiger partial charge in [0.1, 0.15) is 0 Å². The average Bonchev–Trinajstić information content (AvgIpc) is 3.27. The molecule has 0 bridgehead atoms. The number of hydrogen-bond acceptors (Lipinski definition) is 7. The largest absolute Gasteiger partial charge is 0.456 e. The summed E-state index contributed by atoms with van der Waals surface area (Å²) in [5.41, 5.74) is 0.928. The van der Waals surface area contributed by atoms with Crippen molar-refractivity contribution in [2.45, 2.75) is 31.7 Å². The van der Waals surface area contributed by atoms with Gasteiger partial charge in [0.15, 0.2) is 16.4 Å². The highest BCUT2D eigenvalue weighted by Crippen LogP contribution is 2.13. The van der Waals surface area contributed by atoms with Gasteiger partial charge in [-0.1, -0.05) is 23.8 Å². The minimum absolute atomic E-state index is 0.132. The van der Waals surface area contributed by atoms with Crippen LogP contribution in [0.25, 0.3) is 0 Å². The van der Waals surface area contributed by atoms with Crippen LogP contribution >= 0.6 is 11.3 Å². The van der Waals surface area contributed by atoms with Gasteiger partial charge in [-0.25, -0.2) is 8.42 Å². The van der Waals surface area contributed by atoms with E-state index in [2.05, 4.69) is 5.32 Å². The van der Waals surface area contributed by atoms with Crippen LogP contribution in [0.3, 0.4) is 0 Å². The first kappa shape index (κ1) is 24.5. The Labute approximate surface area is 186 Å². The SMILES string of the molecule is CCN(CC(=O)NCc1cccs1)C(=O)COC(=O)CCS(=O)(=O)c1ccc(C)cc1. The summed E-state index contributed by atoms with van der Waals surface area (Å²) >= 11 is 1.52. The fourth-order valence-electron chi connectivity index (χ4n) is 2.59. The van der Waals surface area contributed by atoms with Gasteiger partial charge in [-0.3, -0.25) is 14.4 Å². The molecule has 0 aliphatic rings. The van der Waals surface area contributed by atoms with Crippen molar-refractivity contribution < 1.29 is 27.5 Å². The van der Waals surface area contributed by atoms with Gasteiger partial charge >= 0.3 is 5.97 Å². The Balaban J connectivity index is 1.75. The maximum atomic E-state index is 12.3. The summed E-state index contributed by atoms with van der Waals surface area (Å²) in [4.78, 5) is 38.6. The molecule has 2 aromatic rings.